The van der Waals surface area contributed by atoms with E-state index in [1.807, 2.05) is 6.07 Å². The summed E-state index contributed by atoms with van der Waals surface area (Å²) in [6.07, 6.45) is 0.497. The van der Waals surface area contributed by atoms with Gasteiger partial charge in [0.2, 0.25) is 5.91 Å². The van der Waals surface area contributed by atoms with Crippen LogP contribution in [0, 0.1) is 11.3 Å². The van der Waals surface area contributed by atoms with Gasteiger partial charge >= 0.3 is 6.03 Å². The maximum atomic E-state index is 12.3. The molecule has 8 heteroatoms. The number of anilines is 1. The molecule has 8 nitrogen and oxygen atoms in total. The molecule has 25 heavy (non-hydrogen) atoms. The zero-order chi connectivity index (χ0) is 18.4. The number of hydrogen-bond acceptors (Lipinski definition) is 5. The number of methoxy groups -OCH3 is 2. The molecule has 1 aliphatic rings. The van der Waals surface area contributed by atoms with E-state index in [-0.39, 0.29) is 30.8 Å². The minimum absolute atomic E-state index is 0.0720. The van der Waals surface area contributed by atoms with E-state index in [0.29, 0.717) is 30.3 Å². The first-order valence-corrected chi connectivity index (χ1v) is 7.91. The van der Waals surface area contributed by atoms with Crippen LogP contribution in [0.25, 0.3) is 0 Å². The third-order valence-corrected chi connectivity index (χ3v) is 4.04. The van der Waals surface area contributed by atoms with Crippen molar-refractivity contribution in [1.82, 2.24) is 10.2 Å². The van der Waals surface area contributed by atoms with E-state index >= 15 is 0 Å². The smallest absolute Gasteiger partial charge is 0.317 e. The Morgan fingerprint density at radius 3 is 2.76 bits per heavy atom. The Hall–Kier alpha value is -2.95. The van der Waals surface area contributed by atoms with Crippen molar-refractivity contribution in [3.8, 4) is 17.6 Å². The molecule has 1 N–H and O–H groups in total. The normalized spacial score (nSPS) is 16.3. The maximum absolute atomic E-state index is 12.3. The number of hydrogen-bond donors (Lipinski definition) is 1. The van der Waals surface area contributed by atoms with Crippen LogP contribution in [0.5, 0.6) is 11.5 Å². The number of carbonyl (C=O) groups is 2. The van der Waals surface area contributed by atoms with E-state index in [0.717, 1.165) is 0 Å². The van der Waals surface area contributed by atoms with E-state index in [4.69, 9.17) is 14.7 Å². The van der Waals surface area contributed by atoms with E-state index in [2.05, 4.69) is 5.32 Å². The highest BCUT2D eigenvalue weighted by molar-refractivity contribution is 5.97. The van der Waals surface area contributed by atoms with Crippen LogP contribution in [-0.2, 0) is 4.79 Å². The number of ether oxygens (including phenoxy) is 2. The standard InChI is InChI=1S/C17H22N4O4/c1-20(8-4-7-18)17(23)19-12-9-16(22)21(11-12)13-5-6-14(24-2)15(10-13)25-3/h5-6,10,12H,4,8-9,11H2,1-3H3,(H,19,23)/t12-/m0/s1. The molecule has 3 amide bonds. The fourth-order valence-corrected chi connectivity index (χ4v) is 2.65. The van der Waals surface area contributed by atoms with E-state index in [1.54, 1.807) is 37.3 Å². The summed E-state index contributed by atoms with van der Waals surface area (Å²) in [5.74, 6) is 1.05. The minimum Gasteiger partial charge on any atom is -0.493 e. The second-order valence-electron chi connectivity index (χ2n) is 5.72. The molecule has 2 rings (SSSR count). The van der Waals surface area contributed by atoms with Gasteiger partial charge in [-0.3, -0.25) is 4.79 Å². The van der Waals surface area contributed by atoms with Gasteiger partial charge in [-0.05, 0) is 12.1 Å². The minimum atomic E-state index is -0.290. The number of amides is 3. The SMILES string of the molecule is COc1ccc(N2C[C@@H](NC(=O)N(C)CCC#N)CC2=O)cc1OC. The summed E-state index contributed by atoms with van der Waals surface area (Å²) in [6.45, 7) is 0.731. The lowest BCUT2D eigenvalue weighted by Crippen LogP contribution is -2.44. The molecule has 0 spiro atoms. The molecule has 1 aliphatic heterocycles. The maximum Gasteiger partial charge on any atom is 0.317 e. The monoisotopic (exact) mass is 346 g/mol. The first-order valence-electron chi connectivity index (χ1n) is 7.91. The van der Waals surface area contributed by atoms with Gasteiger partial charge in [-0.25, -0.2) is 4.79 Å². The Bertz CT molecular complexity index is 686. The largest absolute Gasteiger partial charge is 0.493 e. The Morgan fingerprint density at radius 1 is 1.40 bits per heavy atom. The van der Waals surface area contributed by atoms with Crippen molar-refractivity contribution in [2.75, 3.05) is 39.3 Å². The van der Waals surface area contributed by atoms with Crippen molar-refractivity contribution in [3.05, 3.63) is 18.2 Å². The quantitative estimate of drug-likeness (QED) is 0.839. The van der Waals surface area contributed by atoms with Gasteiger partial charge in [0.15, 0.2) is 11.5 Å². The van der Waals surface area contributed by atoms with Crippen LogP contribution in [0.3, 0.4) is 0 Å². The summed E-state index contributed by atoms with van der Waals surface area (Å²) in [7, 11) is 4.70. The predicted molar refractivity (Wildman–Crippen MR) is 91.7 cm³/mol. The Balaban J connectivity index is 2.03. The van der Waals surface area contributed by atoms with Gasteiger partial charge in [0, 0.05) is 38.3 Å². The summed E-state index contributed by atoms with van der Waals surface area (Å²) >= 11 is 0. The Labute approximate surface area is 146 Å². The first-order chi connectivity index (χ1) is 12.0. The van der Waals surface area contributed by atoms with Crippen molar-refractivity contribution in [2.45, 2.75) is 18.9 Å². The zero-order valence-corrected chi connectivity index (χ0v) is 14.6. The lowest BCUT2D eigenvalue weighted by Gasteiger charge is -2.21. The summed E-state index contributed by atoms with van der Waals surface area (Å²) in [4.78, 5) is 27.4. The predicted octanol–water partition coefficient (Wildman–Crippen LogP) is 1.36. The van der Waals surface area contributed by atoms with Gasteiger partial charge in [-0.15, -0.1) is 0 Å². The molecule has 0 bridgehead atoms. The average molecular weight is 346 g/mol. The number of rotatable bonds is 6. The molecule has 0 unspecified atom stereocenters. The average Bonchev–Trinajstić information content (AvgIpc) is 2.98. The number of carbonyl (C=O) groups excluding carboxylic acids is 2. The summed E-state index contributed by atoms with van der Waals surface area (Å²) in [5, 5.41) is 11.4. The second kappa shape index (κ2) is 8.24. The van der Waals surface area contributed by atoms with Crippen molar-refractivity contribution in [1.29, 1.82) is 5.26 Å². The van der Waals surface area contributed by atoms with Crippen LogP contribution >= 0.6 is 0 Å². The van der Waals surface area contributed by atoms with Crippen molar-refractivity contribution in [2.24, 2.45) is 0 Å². The van der Waals surface area contributed by atoms with Crippen molar-refractivity contribution >= 4 is 17.6 Å². The van der Waals surface area contributed by atoms with Crippen LogP contribution < -0.4 is 19.7 Å². The van der Waals surface area contributed by atoms with Crippen LogP contribution in [0.2, 0.25) is 0 Å². The molecule has 1 aromatic carbocycles. The van der Waals surface area contributed by atoms with Gasteiger partial charge < -0.3 is 24.6 Å². The molecule has 0 aromatic heterocycles. The highest BCUT2D eigenvalue weighted by atomic mass is 16.5. The number of urea groups is 1. The summed E-state index contributed by atoms with van der Waals surface area (Å²) in [6, 6.07) is 6.68. The molecule has 134 valence electrons. The number of nitrogens with zero attached hydrogens (tertiary/aromatic N) is 3. The van der Waals surface area contributed by atoms with Gasteiger partial charge in [0.1, 0.15) is 0 Å². The van der Waals surface area contributed by atoms with Crippen LogP contribution in [0.4, 0.5) is 10.5 Å². The lowest BCUT2D eigenvalue weighted by atomic mass is 10.2. The number of nitriles is 1. The highest BCUT2D eigenvalue weighted by Gasteiger charge is 2.32. The molecular formula is C17H22N4O4. The molecular weight excluding hydrogens is 324 g/mol. The summed E-state index contributed by atoms with van der Waals surface area (Å²) in [5.41, 5.74) is 0.692. The lowest BCUT2D eigenvalue weighted by molar-refractivity contribution is -0.117. The van der Waals surface area contributed by atoms with Gasteiger partial charge in [0.05, 0.1) is 32.8 Å². The van der Waals surface area contributed by atoms with Gasteiger partial charge in [-0.2, -0.15) is 5.26 Å². The van der Waals surface area contributed by atoms with Gasteiger partial charge in [-0.1, -0.05) is 0 Å². The molecule has 1 atom stereocenters. The van der Waals surface area contributed by atoms with Crippen molar-refractivity contribution in [3.63, 3.8) is 0 Å². The highest BCUT2D eigenvalue weighted by Crippen LogP contribution is 2.33. The fraction of sp³-hybridized carbons (Fsp3) is 0.471. The molecule has 0 saturated carbocycles. The van der Waals surface area contributed by atoms with E-state index < -0.39 is 0 Å². The Morgan fingerprint density at radius 2 is 2.12 bits per heavy atom. The van der Waals surface area contributed by atoms with Crippen molar-refractivity contribution < 1.29 is 19.1 Å². The molecule has 0 radical (unpaired) electrons. The van der Waals surface area contributed by atoms with E-state index in [1.165, 1.54) is 12.0 Å². The molecule has 1 aromatic rings. The number of nitrogens with one attached hydrogen (secondary N) is 1. The number of benzene rings is 1. The second-order valence-corrected chi connectivity index (χ2v) is 5.72. The van der Waals surface area contributed by atoms with E-state index in [9.17, 15) is 9.59 Å². The van der Waals surface area contributed by atoms with Crippen LogP contribution in [-0.4, -0.2) is 57.2 Å². The molecule has 1 heterocycles. The van der Waals surface area contributed by atoms with Crippen LogP contribution in [0.1, 0.15) is 12.8 Å². The molecule has 0 aliphatic carbocycles. The third kappa shape index (κ3) is 4.32. The molecule has 1 saturated heterocycles. The Kier molecular flexibility index (Phi) is 6.06. The first kappa shape index (κ1) is 18.4. The van der Waals surface area contributed by atoms with Crippen LogP contribution in [0.15, 0.2) is 18.2 Å². The zero-order valence-electron chi connectivity index (χ0n) is 14.6. The summed E-state index contributed by atoms with van der Waals surface area (Å²) < 4.78 is 10.5. The topological polar surface area (TPSA) is 94.9 Å². The van der Waals surface area contributed by atoms with Gasteiger partial charge in [0.25, 0.3) is 0 Å². The third-order valence-electron chi connectivity index (χ3n) is 4.04. The molecule has 1 fully saturated rings. The fourth-order valence-electron chi connectivity index (χ4n) is 2.65.